The Bertz CT molecular complexity index is 1570. The fourth-order valence-electron chi connectivity index (χ4n) is 3.85. The lowest BCUT2D eigenvalue weighted by Crippen LogP contribution is -2.00. The summed E-state index contributed by atoms with van der Waals surface area (Å²) < 4.78 is 12.6. The Balaban J connectivity index is 1.39. The summed E-state index contributed by atoms with van der Waals surface area (Å²) in [6.45, 7) is 0.400. The van der Waals surface area contributed by atoms with Crippen molar-refractivity contribution < 1.29 is 9.47 Å². The van der Waals surface area contributed by atoms with E-state index in [1.54, 1.807) is 13.2 Å². The quantitative estimate of drug-likeness (QED) is 0.168. The molecule has 0 amide bonds. The van der Waals surface area contributed by atoms with Gasteiger partial charge >= 0.3 is 0 Å². The van der Waals surface area contributed by atoms with Crippen LogP contribution in [-0.2, 0) is 6.61 Å². The Morgan fingerprint density at radius 1 is 1.09 bits per heavy atom. The summed E-state index contributed by atoms with van der Waals surface area (Å²) in [5, 5.41) is 12.7. The number of nitrogens with zero attached hydrogens (tertiary/aromatic N) is 2. The highest BCUT2D eigenvalue weighted by Crippen LogP contribution is 2.39. The molecule has 4 aromatic carbocycles. The van der Waals surface area contributed by atoms with Crippen LogP contribution in [0.5, 0.6) is 11.5 Å². The van der Waals surface area contributed by atoms with Crippen LogP contribution in [0.25, 0.3) is 27.9 Å². The highest BCUT2D eigenvalue weighted by atomic mass is 79.9. The average Bonchev–Trinajstić information content (AvgIpc) is 3.29. The summed E-state index contributed by atoms with van der Waals surface area (Å²) in [7, 11) is 1.61. The molecular formula is C28H20BrN3O2S. The van der Waals surface area contributed by atoms with Gasteiger partial charge in [-0.1, -0.05) is 54.6 Å². The minimum atomic E-state index is 0.400. The van der Waals surface area contributed by atoms with Crippen molar-refractivity contribution in [3.63, 3.8) is 0 Å². The number of imidazole rings is 1. The van der Waals surface area contributed by atoms with Gasteiger partial charge in [-0.2, -0.15) is 5.26 Å². The largest absolute Gasteiger partial charge is 0.493 e. The number of hydrogen-bond donors (Lipinski definition) is 1. The van der Waals surface area contributed by atoms with Gasteiger partial charge in [-0.15, -0.1) is 0 Å². The van der Waals surface area contributed by atoms with Crippen LogP contribution in [0.15, 0.2) is 93.4 Å². The SMILES string of the molecule is COc1cc(/C=C(\C#N)Sc2nc3ccccc3[nH]2)cc(Br)c1OCc1cccc2ccccc12. The Kier molecular flexibility index (Phi) is 6.75. The maximum Gasteiger partial charge on any atom is 0.175 e. The number of halogens is 1. The van der Waals surface area contributed by atoms with Crippen LogP contribution in [0.3, 0.4) is 0 Å². The van der Waals surface area contributed by atoms with E-state index < -0.39 is 0 Å². The van der Waals surface area contributed by atoms with Crippen molar-refractivity contribution >= 4 is 55.6 Å². The number of para-hydroxylation sites is 2. The van der Waals surface area contributed by atoms with Crippen LogP contribution >= 0.6 is 27.7 Å². The number of hydrogen-bond acceptors (Lipinski definition) is 5. The second-order valence-electron chi connectivity index (χ2n) is 7.74. The van der Waals surface area contributed by atoms with E-state index in [0.29, 0.717) is 28.2 Å². The van der Waals surface area contributed by atoms with Gasteiger partial charge in [-0.3, -0.25) is 0 Å². The Labute approximate surface area is 215 Å². The van der Waals surface area contributed by atoms with Crippen LogP contribution < -0.4 is 9.47 Å². The Morgan fingerprint density at radius 2 is 1.89 bits per heavy atom. The van der Waals surface area contributed by atoms with Gasteiger partial charge in [-0.05, 0) is 79.9 Å². The number of nitrogens with one attached hydrogen (secondary N) is 1. The molecule has 0 bridgehead atoms. The average molecular weight is 542 g/mol. The number of fused-ring (bicyclic) bond motifs is 2. The zero-order valence-corrected chi connectivity index (χ0v) is 21.2. The van der Waals surface area contributed by atoms with E-state index >= 15 is 0 Å². The molecule has 5 nitrogen and oxygen atoms in total. The molecule has 0 atom stereocenters. The highest BCUT2D eigenvalue weighted by molar-refractivity contribution is 9.10. The van der Waals surface area contributed by atoms with E-state index in [0.717, 1.165) is 32.0 Å². The van der Waals surface area contributed by atoms with Crippen LogP contribution in [0, 0.1) is 11.3 Å². The van der Waals surface area contributed by atoms with Crippen molar-refractivity contribution in [3.8, 4) is 17.6 Å². The molecule has 1 heterocycles. The smallest absolute Gasteiger partial charge is 0.175 e. The summed E-state index contributed by atoms with van der Waals surface area (Å²) in [6.07, 6.45) is 1.81. The van der Waals surface area contributed by atoms with Gasteiger partial charge in [0.25, 0.3) is 0 Å². The lowest BCUT2D eigenvalue weighted by Gasteiger charge is -2.15. The number of methoxy groups -OCH3 is 1. The van der Waals surface area contributed by atoms with Gasteiger partial charge < -0.3 is 14.5 Å². The molecule has 5 rings (SSSR count). The van der Waals surface area contributed by atoms with Gasteiger partial charge in [0.1, 0.15) is 12.7 Å². The van der Waals surface area contributed by atoms with E-state index in [-0.39, 0.29) is 0 Å². The molecule has 172 valence electrons. The molecule has 1 N–H and O–H groups in total. The minimum Gasteiger partial charge on any atom is -0.493 e. The molecule has 0 saturated carbocycles. The third kappa shape index (κ3) is 5.04. The zero-order chi connectivity index (χ0) is 24.2. The van der Waals surface area contributed by atoms with Gasteiger partial charge in [0.2, 0.25) is 0 Å². The third-order valence-electron chi connectivity index (χ3n) is 5.49. The number of nitriles is 1. The monoisotopic (exact) mass is 541 g/mol. The summed E-state index contributed by atoms with van der Waals surface area (Å²) in [6, 6.07) is 28.2. The van der Waals surface area contributed by atoms with Crippen LogP contribution in [0.1, 0.15) is 11.1 Å². The number of thioether (sulfide) groups is 1. The van der Waals surface area contributed by atoms with Crippen LogP contribution in [0.4, 0.5) is 0 Å². The topological polar surface area (TPSA) is 70.9 Å². The predicted molar refractivity (Wildman–Crippen MR) is 145 cm³/mol. The van der Waals surface area contributed by atoms with Crippen molar-refractivity contribution in [1.29, 1.82) is 5.26 Å². The van der Waals surface area contributed by atoms with E-state index in [4.69, 9.17) is 9.47 Å². The number of ether oxygens (including phenoxy) is 2. The molecular weight excluding hydrogens is 522 g/mol. The van der Waals surface area contributed by atoms with Crippen molar-refractivity contribution in [2.24, 2.45) is 0 Å². The maximum atomic E-state index is 9.72. The summed E-state index contributed by atoms with van der Waals surface area (Å²) in [5.74, 6) is 1.19. The Hall–Kier alpha value is -3.73. The molecule has 5 aromatic rings. The fourth-order valence-corrected chi connectivity index (χ4v) is 5.18. The first-order chi connectivity index (χ1) is 17.1. The Morgan fingerprint density at radius 3 is 2.71 bits per heavy atom. The first-order valence-electron chi connectivity index (χ1n) is 10.9. The summed E-state index contributed by atoms with van der Waals surface area (Å²) >= 11 is 4.91. The molecule has 7 heteroatoms. The summed E-state index contributed by atoms with van der Waals surface area (Å²) in [5.41, 5.74) is 3.70. The fraction of sp³-hybridized carbons (Fsp3) is 0.0714. The number of benzene rings is 4. The molecule has 0 aliphatic rings. The second-order valence-corrected chi connectivity index (χ2v) is 9.63. The number of aromatic nitrogens is 2. The molecule has 0 aliphatic carbocycles. The van der Waals surface area contributed by atoms with Gasteiger partial charge in [0, 0.05) is 0 Å². The number of allylic oxidation sites excluding steroid dienone is 1. The first kappa shape index (κ1) is 23.0. The third-order valence-corrected chi connectivity index (χ3v) is 6.89. The molecule has 35 heavy (non-hydrogen) atoms. The van der Waals surface area contributed by atoms with Gasteiger partial charge in [-0.25, -0.2) is 4.98 Å². The van der Waals surface area contributed by atoms with Crippen molar-refractivity contribution in [2.75, 3.05) is 7.11 Å². The highest BCUT2D eigenvalue weighted by Gasteiger charge is 2.14. The predicted octanol–water partition coefficient (Wildman–Crippen LogP) is 7.72. The zero-order valence-electron chi connectivity index (χ0n) is 18.8. The van der Waals surface area contributed by atoms with Gasteiger partial charge in [0.15, 0.2) is 16.7 Å². The van der Waals surface area contributed by atoms with Crippen molar-refractivity contribution in [3.05, 3.63) is 99.4 Å². The molecule has 0 fully saturated rings. The molecule has 1 aromatic heterocycles. The van der Waals surface area contributed by atoms with E-state index in [1.807, 2.05) is 54.6 Å². The molecule has 0 radical (unpaired) electrons. The normalized spacial score (nSPS) is 11.5. The van der Waals surface area contributed by atoms with E-state index in [2.05, 4.69) is 56.2 Å². The number of rotatable bonds is 7. The summed E-state index contributed by atoms with van der Waals surface area (Å²) in [4.78, 5) is 8.29. The van der Waals surface area contributed by atoms with Crippen LogP contribution in [0.2, 0.25) is 0 Å². The minimum absolute atomic E-state index is 0.400. The molecule has 0 unspecified atom stereocenters. The van der Waals surface area contributed by atoms with E-state index in [9.17, 15) is 5.26 Å². The van der Waals surface area contributed by atoms with Crippen LogP contribution in [-0.4, -0.2) is 17.1 Å². The molecule has 0 spiro atoms. The lowest BCUT2D eigenvalue weighted by molar-refractivity contribution is 0.283. The maximum absolute atomic E-state index is 9.72. The first-order valence-corrected chi connectivity index (χ1v) is 12.5. The second kappa shape index (κ2) is 10.3. The lowest BCUT2D eigenvalue weighted by atomic mass is 10.1. The van der Waals surface area contributed by atoms with E-state index in [1.165, 1.54) is 17.1 Å². The molecule has 0 aliphatic heterocycles. The molecule has 0 saturated heterocycles. The van der Waals surface area contributed by atoms with Crippen molar-refractivity contribution in [1.82, 2.24) is 9.97 Å². The van der Waals surface area contributed by atoms with Gasteiger partial charge in [0.05, 0.1) is 27.5 Å². The van der Waals surface area contributed by atoms with Crippen molar-refractivity contribution in [2.45, 2.75) is 11.8 Å². The standard InChI is InChI=1S/C28H20BrN3O2S/c1-33-26-15-18(13-21(16-30)35-28-31-24-11-4-5-12-25(24)32-28)14-23(29)27(26)34-17-20-9-6-8-19-7-2-3-10-22(19)20/h2-15H,17H2,1H3,(H,31,32)/b21-13+. The number of H-pyrrole nitrogens is 1. The number of aromatic amines is 1.